The molecule has 2 aliphatic heterocycles. The molecule has 2 aliphatic rings. The van der Waals surface area contributed by atoms with Crippen LogP contribution in [0.25, 0.3) is 0 Å². The molecule has 0 saturated carbocycles. The highest BCUT2D eigenvalue weighted by Crippen LogP contribution is 2.23. The lowest BCUT2D eigenvalue weighted by atomic mass is 10.0. The van der Waals surface area contributed by atoms with Crippen molar-refractivity contribution < 1.29 is 14.3 Å². The summed E-state index contributed by atoms with van der Waals surface area (Å²) in [5.74, 6) is 2.18. The van der Waals surface area contributed by atoms with Crippen molar-refractivity contribution in [2.75, 3.05) is 39.4 Å². The Kier molecular flexibility index (Phi) is 5.25. The average molecular weight is 296 g/mol. The minimum absolute atomic E-state index is 0.00200. The van der Waals surface area contributed by atoms with Gasteiger partial charge < -0.3 is 14.5 Å². The number of likely N-dealkylation sites (tertiary alicyclic amines) is 2. The highest BCUT2D eigenvalue weighted by molar-refractivity contribution is 5.80. The predicted octanol–water partition coefficient (Wildman–Crippen LogP) is 1.23. The van der Waals surface area contributed by atoms with Gasteiger partial charge in [0.15, 0.2) is 0 Å². The first-order valence-electron chi connectivity index (χ1n) is 8.01. The Hall–Kier alpha value is -1.10. The van der Waals surface area contributed by atoms with Crippen LogP contribution in [0, 0.1) is 23.7 Å². The Morgan fingerprint density at radius 1 is 0.762 bits per heavy atom. The third-order valence-electron chi connectivity index (χ3n) is 5.13. The second-order valence-electron chi connectivity index (χ2n) is 7.00. The molecule has 2 saturated heterocycles. The van der Waals surface area contributed by atoms with Crippen molar-refractivity contribution in [1.82, 2.24) is 9.80 Å². The molecule has 0 radical (unpaired) electrons. The summed E-state index contributed by atoms with van der Waals surface area (Å²) in [5, 5.41) is 0. The van der Waals surface area contributed by atoms with E-state index in [0.717, 1.165) is 26.2 Å². The Morgan fingerprint density at radius 3 is 1.33 bits per heavy atom. The zero-order valence-electron chi connectivity index (χ0n) is 13.7. The van der Waals surface area contributed by atoms with E-state index in [2.05, 4.69) is 27.7 Å². The van der Waals surface area contributed by atoms with Crippen LogP contribution in [0.1, 0.15) is 27.7 Å². The summed E-state index contributed by atoms with van der Waals surface area (Å²) < 4.78 is 5.34. The summed E-state index contributed by atoms with van der Waals surface area (Å²) in [6.45, 7) is 11.9. The molecule has 2 rings (SSSR count). The molecular weight excluding hydrogens is 268 g/mol. The van der Waals surface area contributed by atoms with Crippen LogP contribution in [0.15, 0.2) is 0 Å². The lowest BCUT2D eigenvalue weighted by molar-refractivity contribution is -0.141. The lowest BCUT2D eigenvalue weighted by Gasteiger charge is -2.18. The molecule has 2 amide bonds. The summed E-state index contributed by atoms with van der Waals surface area (Å²) in [5.41, 5.74) is 0. The second kappa shape index (κ2) is 6.77. The van der Waals surface area contributed by atoms with E-state index in [1.807, 2.05) is 9.80 Å². The van der Waals surface area contributed by atoms with Crippen molar-refractivity contribution in [1.29, 1.82) is 0 Å². The molecular formula is C16H28N2O3. The zero-order chi connectivity index (χ0) is 15.6. The second-order valence-corrected chi connectivity index (χ2v) is 7.00. The van der Waals surface area contributed by atoms with Gasteiger partial charge in [0.25, 0.3) is 0 Å². The van der Waals surface area contributed by atoms with Crippen LogP contribution in [0.2, 0.25) is 0 Å². The zero-order valence-corrected chi connectivity index (χ0v) is 13.7. The first kappa shape index (κ1) is 16.3. The summed E-state index contributed by atoms with van der Waals surface area (Å²) in [4.78, 5) is 27.7. The van der Waals surface area contributed by atoms with Crippen molar-refractivity contribution in [3.05, 3.63) is 0 Å². The molecule has 120 valence electrons. The Morgan fingerprint density at radius 2 is 1.05 bits per heavy atom. The largest absolute Gasteiger partial charge is 0.362 e. The molecule has 2 fully saturated rings. The first-order chi connectivity index (χ1) is 9.88. The van der Waals surface area contributed by atoms with Crippen LogP contribution in [-0.2, 0) is 14.3 Å². The van der Waals surface area contributed by atoms with E-state index in [0.29, 0.717) is 23.7 Å². The first-order valence-corrected chi connectivity index (χ1v) is 8.01. The maximum atomic E-state index is 12.0. The molecule has 21 heavy (non-hydrogen) atoms. The van der Waals surface area contributed by atoms with E-state index in [9.17, 15) is 9.59 Å². The fraction of sp³-hybridized carbons (Fsp3) is 0.875. The predicted molar refractivity (Wildman–Crippen MR) is 80.6 cm³/mol. The molecule has 5 nitrogen and oxygen atoms in total. The molecule has 0 N–H and O–H groups in total. The Labute approximate surface area is 127 Å². The van der Waals surface area contributed by atoms with E-state index < -0.39 is 0 Å². The van der Waals surface area contributed by atoms with E-state index in [4.69, 9.17) is 4.74 Å². The van der Waals surface area contributed by atoms with Gasteiger partial charge in [0.2, 0.25) is 11.8 Å². The van der Waals surface area contributed by atoms with Crippen LogP contribution >= 0.6 is 0 Å². The van der Waals surface area contributed by atoms with Gasteiger partial charge in [-0.15, -0.1) is 0 Å². The summed E-state index contributed by atoms with van der Waals surface area (Å²) in [6.07, 6.45) is 0. The third kappa shape index (κ3) is 3.96. The minimum Gasteiger partial charge on any atom is -0.362 e. The number of hydrogen-bond donors (Lipinski definition) is 0. The molecule has 0 aliphatic carbocycles. The quantitative estimate of drug-likeness (QED) is 0.784. The molecule has 2 heterocycles. The topological polar surface area (TPSA) is 49.9 Å². The van der Waals surface area contributed by atoms with Crippen molar-refractivity contribution >= 4 is 11.8 Å². The molecule has 4 unspecified atom stereocenters. The monoisotopic (exact) mass is 296 g/mol. The number of carbonyl (C=O) groups excluding carboxylic acids is 2. The fourth-order valence-electron chi connectivity index (χ4n) is 3.07. The number of carbonyl (C=O) groups is 2. The van der Waals surface area contributed by atoms with Crippen molar-refractivity contribution in [3.8, 4) is 0 Å². The number of ether oxygens (including phenoxy) is 1. The normalized spacial score (nSPS) is 32.8. The molecule has 0 aromatic heterocycles. The fourth-order valence-corrected chi connectivity index (χ4v) is 3.07. The van der Waals surface area contributed by atoms with Gasteiger partial charge >= 0.3 is 0 Å². The van der Waals surface area contributed by atoms with Gasteiger partial charge in [-0.05, 0) is 23.7 Å². The maximum absolute atomic E-state index is 12.0. The van der Waals surface area contributed by atoms with E-state index in [1.165, 1.54) is 0 Å². The summed E-state index contributed by atoms with van der Waals surface area (Å²) >= 11 is 0. The molecule has 0 aromatic rings. The molecule has 0 spiro atoms. The average Bonchev–Trinajstić information content (AvgIpc) is 2.94. The van der Waals surface area contributed by atoms with Gasteiger partial charge in [-0.3, -0.25) is 9.59 Å². The third-order valence-corrected chi connectivity index (χ3v) is 5.13. The van der Waals surface area contributed by atoms with Crippen LogP contribution < -0.4 is 0 Å². The minimum atomic E-state index is 0.00200. The van der Waals surface area contributed by atoms with Crippen LogP contribution in [0.4, 0.5) is 0 Å². The van der Waals surface area contributed by atoms with E-state index >= 15 is 0 Å². The SMILES string of the molecule is CC1CN(C(=O)COCC(=O)N2CC(C)C(C)C2)CC1C. The van der Waals surface area contributed by atoms with Crippen LogP contribution in [0.5, 0.6) is 0 Å². The number of amides is 2. The van der Waals surface area contributed by atoms with Gasteiger partial charge in [0.1, 0.15) is 13.2 Å². The lowest BCUT2D eigenvalue weighted by Crippen LogP contribution is -2.36. The van der Waals surface area contributed by atoms with Crippen LogP contribution in [0.3, 0.4) is 0 Å². The van der Waals surface area contributed by atoms with Crippen LogP contribution in [-0.4, -0.2) is 61.0 Å². The highest BCUT2D eigenvalue weighted by atomic mass is 16.5. The van der Waals surface area contributed by atoms with E-state index in [-0.39, 0.29) is 25.0 Å². The molecule has 0 bridgehead atoms. The van der Waals surface area contributed by atoms with Crippen molar-refractivity contribution in [2.24, 2.45) is 23.7 Å². The van der Waals surface area contributed by atoms with Gasteiger partial charge in [0.05, 0.1) is 0 Å². The smallest absolute Gasteiger partial charge is 0.248 e. The summed E-state index contributed by atoms with van der Waals surface area (Å²) in [7, 11) is 0. The molecule has 5 heteroatoms. The summed E-state index contributed by atoms with van der Waals surface area (Å²) in [6, 6.07) is 0. The Balaban J connectivity index is 1.67. The van der Waals surface area contributed by atoms with Gasteiger partial charge in [-0.2, -0.15) is 0 Å². The van der Waals surface area contributed by atoms with Crippen molar-refractivity contribution in [3.63, 3.8) is 0 Å². The highest BCUT2D eigenvalue weighted by Gasteiger charge is 2.31. The molecule has 4 atom stereocenters. The van der Waals surface area contributed by atoms with Gasteiger partial charge in [-0.25, -0.2) is 0 Å². The standard InChI is InChI=1S/C16H28N2O3/c1-11-5-17(6-12(11)2)15(19)9-21-10-16(20)18-7-13(3)14(4)8-18/h11-14H,5-10H2,1-4H3. The van der Waals surface area contributed by atoms with Gasteiger partial charge in [0, 0.05) is 26.2 Å². The van der Waals surface area contributed by atoms with Crippen molar-refractivity contribution in [2.45, 2.75) is 27.7 Å². The van der Waals surface area contributed by atoms with E-state index in [1.54, 1.807) is 0 Å². The maximum Gasteiger partial charge on any atom is 0.248 e. The van der Waals surface area contributed by atoms with Gasteiger partial charge in [-0.1, -0.05) is 27.7 Å². The number of hydrogen-bond acceptors (Lipinski definition) is 3. The number of nitrogens with zero attached hydrogens (tertiary/aromatic N) is 2. The number of rotatable bonds is 4. The molecule has 0 aromatic carbocycles. The Bertz CT molecular complexity index is 343.